The van der Waals surface area contributed by atoms with E-state index < -0.39 is 0 Å². The molecule has 3 aromatic heterocycles. The standard InChI is InChI=1S/C25H14NO.C15H16N.Ir/c1-2-7-19(8-3-1)23-16-14-18(17-26-23)13-15-20-9-6-11-22-21-10-4-5-12-24(21)27-25(20)22;1-15(2,3)13-9-7-12(8-10-13)14-6-4-5-11-16-14;/h1-7,9-12,14,16-17H;4-7,9-11H,1-3H3;/q2*-1;. The molecule has 0 saturated heterocycles. The van der Waals surface area contributed by atoms with Crippen LogP contribution in [0, 0.1) is 24.0 Å². The molecular formula is C40H30IrN2O-2. The Morgan fingerprint density at radius 1 is 0.659 bits per heavy atom. The molecule has 0 atom stereocenters. The molecular weight excluding hydrogens is 717 g/mol. The fourth-order valence-electron chi connectivity index (χ4n) is 4.74. The predicted octanol–water partition coefficient (Wildman–Crippen LogP) is 9.69. The van der Waals surface area contributed by atoms with Crippen LogP contribution in [0.2, 0.25) is 0 Å². The first-order chi connectivity index (χ1) is 21.0. The van der Waals surface area contributed by atoms with Gasteiger partial charge in [0.1, 0.15) is 5.58 Å². The molecule has 1 radical (unpaired) electrons. The van der Waals surface area contributed by atoms with Gasteiger partial charge in [0.25, 0.3) is 0 Å². The van der Waals surface area contributed by atoms with Crippen molar-refractivity contribution >= 4 is 21.9 Å². The molecule has 0 N–H and O–H groups in total. The van der Waals surface area contributed by atoms with Crippen molar-refractivity contribution in [2.24, 2.45) is 0 Å². The number of benzene rings is 4. The summed E-state index contributed by atoms with van der Waals surface area (Å²) in [5, 5.41) is 2.20. The summed E-state index contributed by atoms with van der Waals surface area (Å²) in [5.41, 5.74) is 8.82. The Kier molecular flexibility index (Phi) is 9.51. The van der Waals surface area contributed by atoms with Gasteiger partial charge in [-0.05, 0) is 35.0 Å². The van der Waals surface area contributed by atoms with Gasteiger partial charge in [-0.2, -0.15) is 0 Å². The molecule has 4 heteroatoms. The van der Waals surface area contributed by atoms with Gasteiger partial charge in [0, 0.05) is 48.8 Å². The molecule has 0 aliphatic carbocycles. The molecule has 0 aliphatic heterocycles. The zero-order valence-electron chi connectivity index (χ0n) is 24.8. The van der Waals surface area contributed by atoms with Crippen LogP contribution in [0.25, 0.3) is 44.5 Å². The number of nitrogens with zero attached hydrogens (tertiary/aromatic N) is 2. The molecule has 3 nitrogen and oxygen atoms in total. The van der Waals surface area contributed by atoms with Gasteiger partial charge in [0.05, 0.1) is 5.56 Å². The van der Waals surface area contributed by atoms with Crippen molar-refractivity contribution in [2.45, 2.75) is 26.2 Å². The van der Waals surface area contributed by atoms with E-state index >= 15 is 0 Å². The maximum Gasteiger partial charge on any atom is 0.151 e. The molecule has 0 amide bonds. The third-order valence-corrected chi connectivity index (χ3v) is 7.11. The Labute approximate surface area is 272 Å². The minimum Gasteiger partial charge on any atom is -0.455 e. The van der Waals surface area contributed by atoms with Crippen LogP contribution in [0.3, 0.4) is 0 Å². The van der Waals surface area contributed by atoms with E-state index in [9.17, 15) is 0 Å². The van der Waals surface area contributed by atoms with E-state index in [1.54, 1.807) is 12.4 Å². The third kappa shape index (κ3) is 7.04. The number of rotatable bonds is 2. The molecule has 0 saturated carbocycles. The summed E-state index contributed by atoms with van der Waals surface area (Å²) in [5.74, 6) is 6.43. The molecule has 0 fully saturated rings. The van der Waals surface area contributed by atoms with E-state index in [4.69, 9.17) is 4.42 Å². The van der Waals surface area contributed by atoms with Crippen molar-refractivity contribution < 1.29 is 24.5 Å². The molecule has 217 valence electrons. The number of fused-ring (bicyclic) bond motifs is 3. The molecule has 0 spiro atoms. The van der Waals surface area contributed by atoms with E-state index in [-0.39, 0.29) is 25.5 Å². The van der Waals surface area contributed by atoms with Gasteiger partial charge in [-0.3, -0.25) is 0 Å². The number of hydrogen-bond acceptors (Lipinski definition) is 3. The Morgan fingerprint density at radius 3 is 2.14 bits per heavy atom. The number of pyridine rings is 2. The average Bonchev–Trinajstić information content (AvgIpc) is 3.44. The fourth-order valence-corrected chi connectivity index (χ4v) is 4.74. The minimum absolute atomic E-state index is 0. The van der Waals surface area contributed by atoms with Crippen LogP contribution < -0.4 is 0 Å². The summed E-state index contributed by atoms with van der Waals surface area (Å²) in [7, 11) is 0. The predicted molar refractivity (Wildman–Crippen MR) is 175 cm³/mol. The molecule has 0 unspecified atom stereocenters. The van der Waals surface area contributed by atoms with Crippen molar-refractivity contribution in [3.8, 4) is 34.4 Å². The van der Waals surface area contributed by atoms with Gasteiger partial charge in [-0.15, -0.1) is 71.3 Å². The summed E-state index contributed by atoms with van der Waals surface area (Å²) >= 11 is 0. The summed E-state index contributed by atoms with van der Waals surface area (Å²) < 4.78 is 6.03. The van der Waals surface area contributed by atoms with Crippen LogP contribution in [0.4, 0.5) is 0 Å². The topological polar surface area (TPSA) is 38.9 Å². The van der Waals surface area contributed by atoms with E-state index in [1.165, 1.54) is 5.56 Å². The van der Waals surface area contributed by atoms with Crippen LogP contribution >= 0.6 is 0 Å². The van der Waals surface area contributed by atoms with Gasteiger partial charge in [-0.25, -0.2) is 0 Å². The van der Waals surface area contributed by atoms with E-state index in [1.807, 2.05) is 84.9 Å². The SMILES string of the molecule is C(#Cc1cccc2c1oc1ccccc12)c1ccc(-c2[c-]cccc2)nc1.CC(C)(C)c1c[c-]c(-c2ccccn2)cc1.[Ir]. The fraction of sp³-hybridized carbons (Fsp3) is 0.100. The molecule has 0 bridgehead atoms. The van der Waals surface area contributed by atoms with Crippen molar-refractivity contribution in [1.82, 2.24) is 9.97 Å². The number of hydrogen-bond donors (Lipinski definition) is 0. The first-order valence-corrected chi connectivity index (χ1v) is 14.2. The monoisotopic (exact) mass is 747 g/mol. The van der Waals surface area contributed by atoms with E-state index in [0.717, 1.165) is 55.6 Å². The van der Waals surface area contributed by atoms with Crippen molar-refractivity contribution in [2.75, 3.05) is 0 Å². The second-order valence-corrected chi connectivity index (χ2v) is 11.2. The van der Waals surface area contributed by atoms with Gasteiger partial charge in [0.2, 0.25) is 0 Å². The van der Waals surface area contributed by atoms with Crippen molar-refractivity contribution in [3.05, 3.63) is 156 Å². The number of para-hydroxylation sites is 2. The first-order valence-electron chi connectivity index (χ1n) is 14.2. The van der Waals surface area contributed by atoms with Crippen LogP contribution in [0.5, 0.6) is 0 Å². The van der Waals surface area contributed by atoms with Crippen LogP contribution in [-0.2, 0) is 25.5 Å². The zero-order valence-corrected chi connectivity index (χ0v) is 27.2. The van der Waals surface area contributed by atoms with Crippen molar-refractivity contribution in [1.29, 1.82) is 0 Å². The second-order valence-electron chi connectivity index (χ2n) is 11.2. The largest absolute Gasteiger partial charge is 0.455 e. The summed E-state index contributed by atoms with van der Waals surface area (Å²) in [4.78, 5) is 8.81. The Bertz CT molecular complexity index is 2030. The Hall–Kier alpha value is -4.81. The molecule has 44 heavy (non-hydrogen) atoms. The van der Waals surface area contributed by atoms with Crippen molar-refractivity contribution in [3.63, 3.8) is 0 Å². The quantitative estimate of drug-likeness (QED) is 0.131. The third-order valence-electron chi connectivity index (χ3n) is 7.11. The molecule has 4 aromatic carbocycles. The summed E-state index contributed by atoms with van der Waals surface area (Å²) in [6.07, 6.45) is 3.60. The summed E-state index contributed by atoms with van der Waals surface area (Å²) in [6, 6.07) is 44.6. The van der Waals surface area contributed by atoms with Gasteiger partial charge < -0.3 is 14.4 Å². The van der Waals surface area contributed by atoms with E-state index in [0.29, 0.717) is 0 Å². The van der Waals surface area contributed by atoms with Crippen LogP contribution in [0.15, 0.2) is 132 Å². The van der Waals surface area contributed by atoms with Gasteiger partial charge in [0.15, 0.2) is 5.58 Å². The Balaban J connectivity index is 0.000000194. The molecule has 7 rings (SSSR count). The Morgan fingerprint density at radius 2 is 1.43 bits per heavy atom. The maximum absolute atomic E-state index is 6.03. The molecule has 0 aliphatic rings. The zero-order chi connectivity index (χ0) is 29.6. The average molecular weight is 747 g/mol. The number of aromatic nitrogens is 2. The van der Waals surface area contributed by atoms with Gasteiger partial charge in [-0.1, -0.05) is 87.2 Å². The molecule has 7 aromatic rings. The molecule has 3 heterocycles. The first kappa shape index (κ1) is 30.6. The minimum atomic E-state index is 0. The van der Waals surface area contributed by atoms with Crippen LogP contribution in [0.1, 0.15) is 37.5 Å². The maximum atomic E-state index is 6.03. The van der Waals surface area contributed by atoms with Crippen LogP contribution in [-0.4, -0.2) is 9.97 Å². The second kappa shape index (κ2) is 13.7. The summed E-state index contributed by atoms with van der Waals surface area (Å²) in [6.45, 7) is 6.61. The van der Waals surface area contributed by atoms with E-state index in [2.05, 4.69) is 85.0 Å². The number of furan rings is 1. The smallest absolute Gasteiger partial charge is 0.151 e. The normalized spacial score (nSPS) is 10.7. The van der Waals surface area contributed by atoms with Gasteiger partial charge >= 0.3 is 0 Å².